The van der Waals surface area contributed by atoms with Gasteiger partial charge >= 0.3 is 0 Å². The minimum atomic E-state index is -0.397. The number of hydrogen-bond acceptors (Lipinski definition) is 5. The molecule has 0 spiro atoms. The van der Waals surface area contributed by atoms with Crippen molar-refractivity contribution >= 4 is 0 Å². The third-order valence-electron chi connectivity index (χ3n) is 4.42. The van der Waals surface area contributed by atoms with E-state index in [0.717, 1.165) is 19.3 Å². The van der Waals surface area contributed by atoms with E-state index in [2.05, 4.69) is 37.8 Å². The minimum absolute atomic E-state index is 0.109. The van der Waals surface area contributed by atoms with Crippen molar-refractivity contribution in [2.45, 2.75) is 71.9 Å². The average molecular weight is 295 g/mol. The fourth-order valence-corrected chi connectivity index (χ4v) is 3.10. The van der Waals surface area contributed by atoms with Crippen molar-refractivity contribution in [2.24, 2.45) is 17.1 Å². The first-order valence-electron chi connectivity index (χ1n) is 8.02. The molecule has 0 radical (unpaired) electrons. The van der Waals surface area contributed by atoms with Gasteiger partial charge in [-0.05, 0) is 37.5 Å². The van der Waals surface area contributed by atoms with Crippen molar-refractivity contribution in [3.8, 4) is 0 Å². The van der Waals surface area contributed by atoms with Crippen molar-refractivity contribution in [3.05, 3.63) is 11.7 Å². The molecular formula is C16H29N3O2. The molecule has 1 aromatic heterocycles. The maximum atomic E-state index is 6.22. The quantitative estimate of drug-likeness (QED) is 0.919. The molecule has 1 saturated carbocycles. The summed E-state index contributed by atoms with van der Waals surface area (Å²) in [6.45, 7) is 11.1. The summed E-state index contributed by atoms with van der Waals surface area (Å²) >= 11 is 0. The summed E-state index contributed by atoms with van der Waals surface area (Å²) in [6.07, 6.45) is 4.27. The molecule has 21 heavy (non-hydrogen) atoms. The number of aromatic nitrogens is 2. The molecule has 0 aromatic carbocycles. The Morgan fingerprint density at radius 1 is 1.48 bits per heavy atom. The summed E-state index contributed by atoms with van der Waals surface area (Å²) in [5.41, 5.74) is 5.72. The molecule has 1 heterocycles. The van der Waals surface area contributed by atoms with Crippen LogP contribution in [0.4, 0.5) is 0 Å². The van der Waals surface area contributed by atoms with E-state index < -0.39 is 5.60 Å². The van der Waals surface area contributed by atoms with Crippen LogP contribution in [-0.2, 0) is 10.3 Å². The van der Waals surface area contributed by atoms with Crippen molar-refractivity contribution in [1.82, 2.24) is 10.1 Å². The maximum Gasteiger partial charge on any atom is 0.244 e. The number of hydrogen-bond donors (Lipinski definition) is 1. The van der Waals surface area contributed by atoms with Crippen LogP contribution >= 0.6 is 0 Å². The van der Waals surface area contributed by atoms with Gasteiger partial charge in [-0.1, -0.05) is 39.3 Å². The molecule has 0 saturated heterocycles. The van der Waals surface area contributed by atoms with Crippen LogP contribution in [0.25, 0.3) is 0 Å². The monoisotopic (exact) mass is 295 g/mol. The predicted molar refractivity (Wildman–Crippen MR) is 81.6 cm³/mol. The summed E-state index contributed by atoms with van der Waals surface area (Å²) in [7, 11) is 0. The Labute approximate surface area is 127 Å². The van der Waals surface area contributed by atoms with E-state index in [9.17, 15) is 0 Å². The topological polar surface area (TPSA) is 74.2 Å². The van der Waals surface area contributed by atoms with Gasteiger partial charge in [0.15, 0.2) is 0 Å². The van der Waals surface area contributed by atoms with Crippen LogP contribution in [-0.4, -0.2) is 16.7 Å². The lowest BCUT2D eigenvalue weighted by Gasteiger charge is -2.37. The van der Waals surface area contributed by atoms with Gasteiger partial charge in [-0.15, -0.1) is 0 Å². The van der Waals surface area contributed by atoms with E-state index in [1.54, 1.807) is 0 Å². The van der Waals surface area contributed by atoms with Gasteiger partial charge in [0.2, 0.25) is 11.7 Å². The molecule has 0 aliphatic heterocycles. The first-order chi connectivity index (χ1) is 9.78. The number of rotatable bonds is 4. The van der Waals surface area contributed by atoms with Crippen LogP contribution < -0.4 is 5.73 Å². The SMILES string of the molecule is CCOC1(c2noc([C@H](N)C(C)(C)C)n2)CCCC(C)C1. The van der Waals surface area contributed by atoms with Crippen LogP contribution in [0.1, 0.15) is 78.1 Å². The fraction of sp³-hybridized carbons (Fsp3) is 0.875. The van der Waals surface area contributed by atoms with E-state index in [-0.39, 0.29) is 11.5 Å². The molecule has 120 valence electrons. The standard InChI is InChI=1S/C16H29N3O2/c1-6-20-16(9-7-8-11(2)10-16)14-18-13(21-19-14)12(17)15(3,4)5/h11-12H,6-10,17H2,1-5H3/t11?,12-,16?/m0/s1. The lowest BCUT2D eigenvalue weighted by atomic mass is 9.78. The van der Waals surface area contributed by atoms with Crippen molar-refractivity contribution < 1.29 is 9.26 Å². The number of ether oxygens (including phenoxy) is 1. The fourth-order valence-electron chi connectivity index (χ4n) is 3.10. The molecule has 0 bridgehead atoms. The van der Waals surface area contributed by atoms with Gasteiger partial charge in [0.1, 0.15) is 5.60 Å². The number of nitrogens with zero attached hydrogens (tertiary/aromatic N) is 2. The molecule has 2 rings (SSSR count). The largest absolute Gasteiger partial charge is 0.367 e. The molecule has 1 aromatic rings. The zero-order valence-corrected chi connectivity index (χ0v) is 14.0. The lowest BCUT2D eigenvalue weighted by molar-refractivity contribution is -0.0891. The highest BCUT2D eigenvalue weighted by Crippen LogP contribution is 2.42. The van der Waals surface area contributed by atoms with Crippen LogP contribution in [0.15, 0.2) is 4.52 Å². The minimum Gasteiger partial charge on any atom is -0.367 e. The van der Waals surface area contributed by atoms with Crippen molar-refractivity contribution in [2.75, 3.05) is 6.61 Å². The summed E-state index contributed by atoms with van der Waals surface area (Å²) in [5.74, 6) is 1.80. The van der Waals surface area contributed by atoms with Crippen LogP contribution in [0.5, 0.6) is 0 Å². The molecule has 1 aliphatic rings. The summed E-state index contributed by atoms with van der Waals surface area (Å²) in [6, 6.07) is -0.265. The van der Waals surface area contributed by atoms with Crippen LogP contribution in [0.2, 0.25) is 0 Å². The third kappa shape index (κ3) is 3.46. The first kappa shape index (κ1) is 16.4. The zero-order chi connectivity index (χ0) is 15.7. The molecule has 5 heteroatoms. The molecule has 1 aliphatic carbocycles. The summed E-state index contributed by atoms with van der Waals surface area (Å²) in [5, 5.41) is 4.21. The lowest BCUT2D eigenvalue weighted by Crippen LogP contribution is -2.36. The smallest absolute Gasteiger partial charge is 0.244 e. The van der Waals surface area contributed by atoms with Crippen molar-refractivity contribution in [3.63, 3.8) is 0 Å². The third-order valence-corrected chi connectivity index (χ3v) is 4.42. The molecule has 0 amide bonds. The van der Waals surface area contributed by atoms with E-state index >= 15 is 0 Å². The molecule has 3 atom stereocenters. The van der Waals surface area contributed by atoms with Gasteiger partial charge < -0.3 is 15.0 Å². The zero-order valence-electron chi connectivity index (χ0n) is 14.0. The van der Waals surface area contributed by atoms with Crippen molar-refractivity contribution in [1.29, 1.82) is 0 Å². The first-order valence-corrected chi connectivity index (χ1v) is 8.02. The van der Waals surface area contributed by atoms with E-state index in [0.29, 0.717) is 24.2 Å². The average Bonchev–Trinajstić information content (AvgIpc) is 2.87. The molecular weight excluding hydrogens is 266 g/mol. The Morgan fingerprint density at radius 2 is 2.19 bits per heavy atom. The Bertz CT molecular complexity index is 462. The highest BCUT2D eigenvalue weighted by Gasteiger charge is 2.42. The predicted octanol–water partition coefficient (Wildman–Crippen LogP) is 3.56. The van der Waals surface area contributed by atoms with Gasteiger partial charge in [0.05, 0.1) is 6.04 Å². The summed E-state index contributed by atoms with van der Waals surface area (Å²) < 4.78 is 11.5. The Morgan fingerprint density at radius 3 is 2.76 bits per heavy atom. The molecule has 2 unspecified atom stereocenters. The summed E-state index contributed by atoms with van der Waals surface area (Å²) in [4.78, 5) is 4.60. The van der Waals surface area contributed by atoms with Gasteiger partial charge in [-0.3, -0.25) is 0 Å². The number of nitrogens with two attached hydrogens (primary N) is 1. The molecule has 2 N–H and O–H groups in total. The van der Waals surface area contributed by atoms with Gasteiger partial charge in [0, 0.05) is 6.61 Å². The van der Waals surface area contributed by atoms with Crippen LogP contribution in [0.3, 0.4) is 0 Å². The normalized spacial score (nSPS) is 28.6. The molecule has 1 fully saturated rings. The van der Waals surface area contributed by atoms with Gasteiger partial charge in [0.25, 0.3) is 0 Å². The van der Waals surface area contributed by atoms with Gasteiger partial charge in [-0.2, -0.15) is 4.98 Å². The van der Waals surface area contributed by atoms with E-state index in [4.69, 9.17) is 15.0 Å². The van der Waals surface area contributed by atoms with E-state index in [1.165, 1.54) is 6.42 Å². The van der Waals surface area contributed by atoms with Gasteiger partial charge in [-0.25, -0.2) is 0 Å². The Kier molecular flexibility index (Phi) is 4.73. The van der Waals surface area contributed by atoms with Crippen LogP contribution in [0, 0.1) is 11.3 Å². The van der Waals surface area contributed by atoms with E-state index in [1.807, 2.05) is 6.92 Å². The molecule has 5 nitrogen and oxygen atoms in total. The second kappa shape index (κ2) is 6.05. The second-order valence-electron chi connectivity index (χ2n) is 7.43. The highest BCUT2D eigenvalue weighted by atomic mass is 16.5. The second-order valence-corrected chi connectivity index (χ2v) is 7.43. The Hall–Kier alpha value is -0.940. The highest BCUT2D eigenvalue weighted by molar-refractivity contribution is 5.06. The Balaban J connectivity index is 2.28. The maximum absolute atomic E-state index is 6.22.